The number of rotatable bonds is 5. The van der Waals surface area contributed by atoms with Gasteiger partial charge in [0.15, 0.2) is 11.5 Å². The highest BCUT2D eigenvalue weighted by atomic mass is 16.5. The second-order valence-corrected chi connectivity index (χ2v) is 6.55. The quantitative estimate of drug-likeness (QED) is 0.731. The predicted molar refractivity (Wildman–Crippen MR) is 96.9 cm³/mol. The van der Waals surface area contributed by atoms with Crippen molar-refractivity contribution in [1.82, 2.24) is 34.5 Å². The maximum atomic E-state index is 6.10. The highest BCUT2D eigenvalue weighted by Crippen LogP contribution is 2.29. The van der Waals surface area contributed by atoms with Gasteiger partial charge in [0.1, 0.15) is 5.82 Å². The van der Waals surface area contributed by atoms with E-state index in [1.165, 1.54) is 5.56 Å². The Balaban J connectivity index is 1.53. The number of ether oxygens (including phenoxy) is 1. The zero-order valence-electron chi connectivity index (χ0n) is 15.3. The summed E-state index contributed by atoms with van der Waals surface area (Å²) in [6.45, 7) is 7.37. The van der Waals surface area contributed by atoms with E-state index in [-0.39, 0.29) is 12.1 Å². The highest BCUT2D eigenvalue weighted by Gasteiger charge is 2.33. The Bertz CT molecular complexity index is 888. The molecule has 0 unspecified atom stereocenters. The van der Waals surface area contributed by atoms with Crippen LogP contribution in [0.2, 0.25) is 0 Å². The molecule has 1 aliphatic heterocycles. The van der Waals surface area contributed by atoms with Crippen molar-refractivity contribution in [1.29, 1.82) is 0 Å². The Labute approximate surface area is 152 Å². The number of aryl methyl sites for hydroxylation is 2. The number of likely N-dealkylation sites (N-methyl/N-ethyl adjacent to an activating group) is 1. The van der Waals surface area contributed by atoms with Gasteiger partial charge in [-0.2, -0.15) is 9.61 Å². The van der Waals surface area contributed by atoms with Crippen molar-refractivity contribution in [2.75, 3.05) is 31.6 Å². The molecule has 138 valence electrons. The average Bonchev–Trinajstić information content (AvgIpc) is 3.25. The molecule has 0 radical (unpaired) electrons. The number of hydrogen-bond donors (Lipinski definition) is 1. The van der Waals surface area contributed by atoms with Gasteiger partial charge in [-0.25, -0.2) is 0 Å². The van der Waals surface area contributed by atoms with Crippen LogP contribution in [0.15, 0.2) is 24.5 Å². The van der Waals surface area contributed by atoms with Gasteiger partial charge >= 0.3 is 0 Å². The minimum Gasteiger partial charge on any atom is -0.373 e. The normalized spacial score (nSPS) is 21.3. The first-order valence-corrected chi connectivity index (χ1v) is 8.93. The number of morpholine rings is 1. The fourth-order valence-corrected chi connectivity index (χ4v) is 3.53. The van der Waals surface area contributed by atoms with E-state index in [9.17, 15) is 0 Å². The summed E-state index contributed by atoms with van der Waals surface area (Å²) in [5.74, 6) is 1.55. The molecule has 3 aromatic heterocycles. The van der Waals surface area contributed by atoms with Crippen LogP contribution in [0.4, 0.5) is 5.82 Å². The molecule has 1 aliphatic rings. The lowest BCUT2D eigenvalue weighted by atomic mass is 10.0. The summed E-state index contributed by atoms with van der Waals surface area (Å²) < 4.78 is 9.68. The Morgan fingerprint density at radius 1 is 1.31 bits per heavy atom. The topological polar surface area (TPSA) is 85.4 Å². The van der Waals surface area contributed by atoms with Crippen LogP contribution < -0.4 is 5.32 Å². The summed E-state index contributed by atoms with van der Waals surface area (Å²) in [5, 5.41) is 20.4. The number of fused-ring (bicyclic) bond motifs is 1. The van der Waals surface area contributed by atoms with Gasteiger partial charge in [0.05, 0.1) is 24.9 Å². The van der Waals surface area contributed by atoms with Gasteiger partial charge in [0.25, 0.3) is 0 Å². The van der Waals surface area contributed by atoms with Crippen LogP contribution in [0.1, 0.15) is 24.4 Å². The fraction of sp³-hybridized carbons (Fsp3) is 0.529. The van der Waals surface area contributed by atoms with Crippen molar-refractivity contribution in [2.45, 2.75) is 26.0 Å². The molecule has 0 aliphatic carbocycles. The molecule has 9 nitrogen and oxygen atoms in total. The lowest BCUT2D eigenvalue weighted by Crippen LogP contribution is -2.47. The van der Waals surface area contributed by atoms with Gasteiger partial charge in [-0.15, -0.1) is 15.3 Å². The first-order valence-electron chi connectivity index (χ1n) is 8.93. The van der Waals surface area contributed by atoms with Gasteiger partial charge in [0.2, 0.25) is 0 Å². The minimum atomic E-state index is 0.0207. The molecule has 4 rings (SSSR count). The summed E-state index contributed by atoms with van der Waals surface area (Å²) in [6.07, 6.45) is 4.02. The Morgan fingerprint density at radius 3 is 2.96 bits per heavy atom. The van der Waals surface area contributed by atoms with E-state index < -0.39 is 0 Å². The minimum absolute atomic E-state index is 0.0207. The van der Waals surface area contributed by atoms with Crippen molar-refractivity contribution < 1.29 is 4.74 Å². The van der Waals surface area contributed by atoms with Crippen LogP contribution in [0.3, 0.4) is 0 Å². The smallest absolute Gasteiger partial charge is 0.178 e. The fourth-order valence-electron chi connectivity index (χ4n) is 3.53. The Morgan fingerprint density at radius 2 is 2.19 bits per heavy atom. The van der Waals surface area contributed by atoms with Crippen LogP contribution in [0.5, 0.6) is 0 Å². The number of hydrogen-bond acceptors (Lipinski definition) is 7. The van der Waals surface area contributed by atoms with Crippen molar-refractivity contribution in [3.05, 3.63) is 35.9 Å². The molecular formula is C17H24N8O. The van der Waals surface area contributed by atoms with E-state index in [1.54, 1.807) is 4.52 Å². The third-order valence-corrected chi connectivity index (χ3v) is 4.83. The molecule has 0 saturated carbocycles. The molecule has 1 fully saturated rings. The maximum absolute atomic E-state index is 6.10. The zero-order valence-corrected chi connectivity index (χ0v) is 15.3. The van der Waals surface area contributed by atoms with Crippen LogP contribution in [-0.2, 0) is 11.8 Å². The third-order valence-electron chi connectivity index (χ3n) is 4.83. The predicted octanol–water partition coefficient (Wildman–Crippen LogP) is 1.04. The summed E-state index contributed by atoms with van der Waals surface area (Å²) in [7, 11) is 1.94. The second kappa shape index (κ2) is 7.00. The van der Waals surface area contributed by atoms with Crippen LogP contribution in [0, 0.1) is 6.92 Å². The molecule has 0 aromatic carbocycles. The second-order valence-electron chi connectivity index (χ2n) is 6.55. The monoisotopic (exact) mass is 356 g/mol. The number of nitrogens with one attached hydrogen (secondary N) is 1. The first kappa shape index (κ1) is 16.9. The molecule has 1 N–H and O–H groups in total. The van der Waals surface area contributed by atoms with Gasteiger partial charge in [0, 0.05) is 31.9 Å². The van der Waals surface area contributed by atoms with Crippen molar-refractivity contribution >= 4 is 11.5 Å². The van der Waals surface area contributed by atoms with E-state index in [0.29, 0.717) is 6.54 Å². The SMILES string of the molecule is CCN1CCO[C@@H](CNc2ccc3nnc(C)n3n2)[C@@H]1c1cnn(C)c1. The molecule has 26 heavy (non-hydrogen) atoms. The first-order chi connectivity index (χ1) is 12.7. The Hall–Kier alpha value is -2.52. The van der Waals surface area contributed by atoms with E-state index in [0.717, 1.165) is 37.0 Å². The molecule has 9 heteroatoms. The molecule has 2 atom stereocenters. The lowest BCUT2D eigenvalue weighted by molar-refractivity contribution is -0.0639. The zero-order chi connectivity index (χ0) is 18.1. The van der Waals surface area contributed by atoms with Crippen molar-refractivity contribution in [3.8, 4) is 0 Å². The summed E-state index contributed by atoms with van der Waals surface area (Å²) in [4.78, 5) is 2.44. The van der Waals surface area contributed by atoms with Gasteiger partial charge < -0.3 is 10.1 Å². The summed E-state index contributed by atoms with van der Waals surface area (Å²) in [6, 6.07) is 4.01. The average molecular weight is 356 g/mol. The van der Waals surface area contributed by atoms with E-state index >= 15 is 0 Å². The largest absolute Gasteiger partial charge is 0.373 e. The van der Waals surface area contributed by atoms with Gasteiger partial charge in [-0.3, -0.25) is 9.58 Å². The summed E-state index contributed by atoms with van der Waals surface area (Å²) >= 11 is 0. The molecule has 4 heterocycles. The highest BCUT2D eigenvalue weighted by molar-refractivity contribution is 5.44. The number of nitrogens with zero attached hydrogens (tertiary/aromatic N) is 7. The summed E-state index contributed by atoms with van der Waals surface area (Å²) in [5.41, 5.74) is 1.92. The van der Waals surface area contributed by atoms with E-state index in [2.05, 4.69) is 43.7 Å². The third kappa shape index (κ3) is 3.15. The Kier molecular flexibility index (Phi) is 4.56. The van der Waals surface area contributed by atoms with Crippen molar-refractivity contribution in [3.63, 3.8) is 0 Å². The van der Waals surface area contributed by atoms with Gasteiger partial charge in [-0.1, -0.05) is 6.92 Å². The molecule has 3 aromatic rings. The lowest BCUT2D eigenvalue weighted by Gasteiger charge is -2.40. The molecule has 1 saturated heterocycles. The van der Waals surface area contributed by atoms with Crippen LogP contribution >= 0.6 is 0 Å². The molecule has 0 amide bonds. The van der Waals surface area contributed by atoms with Crippen LogP contribution in [0.25, 0.3) is 5.65 Å². The molecule has 0 bridgehead atoms. The van der Waals surface area contributed by atoms with Crippen LogP contribution in [-0.4, -0.2) is 66.8 Å². The molecule has 0 spiro atoms. The van der Waals surface area contributed by atoms with E-state index in [1.807, 2.05) is 37.0 Å². The number of anilines is 1. The maximum Gasteiger partial charge on any atom is 0.178 e. The standard InChI is InChI=1S/C17H24N8O/c1-4-24-7-8-26-14(17(24)13-9-19-23(3)11-13)10-18-15-5-6-16-21-20-12(2)25(16)22-15/h5-6,9,11,14,17H,4,7-8,10H2,1-3H3,(H,18,22)/t14-,17-/m0/s1. The number of aromatic nitrogens is 6. The molecular weight excluding hydrogens is 332 g/mol. The van der Waals surface area contributed by atoms with Crippen molar-refractivity contribution in [2.24, 2.45) is 7.05 Å². The van der Waals surface area contributed by atoms with E-state index in [4.69, 9.17) is 4.74 Å². The van der Waals surface area contributed by atoms with Gasteiger partial charge in [-0.05, 0) is 25.6 Å².